The zero-order valence-corrected chi connectivity index (χ0v) is 8.92. The second-order valence-electron chi connectivity index (χ2n) is 1.07. The molecular formula is BaF6Si-2. The molecule has 0 saturated heterocycles. The van der Waals surface area contributed by atoms with Crippen LogP contribution in [0.1, 0.15) is 0 Å². The first kappa shape index (κ1) is 12.1. The molecule has 0 unspecified atom stereocenters. The van der Waals surface area contributed by atoms with Gasteiger partial charge in [0, 0.05) is 48.9 Å². The maximum absolute atomic E-state index is 10.8. The third kappa shape index (κ3) is 160. The van der Waals surface area contributed by atoms with Crippen LogP contribution in [0.4, 0.5) is 24.6 Å². The fraction of sp³-hybridized carbons (Fsp3) is 0. The maximum Gasteiger partial charge on any atom is 0 e. The molecule has 0 atom stereocenters. The summed E-state index contributed by atoms with van der Waals surface area (Å²) in [5.74, 6) is 0. The Hall–Kier alpha value is 1.37. The van der Waals surface area contributed by atoms with Crippen molar-refractivity contribution in [1.82, 2.24) is 0 Å². The average Bonchev–Trinajstić information content (AvgIpc) is 0.592. The molecule has 0 fully saturated rings. The Bertz CT molecular complexity index is 67.1. The Kier molecular flexibility index (Phi) is 2.56. The van der Waals surface area contributed by atoms with Gasteiger partial charge in [-0.1, -0.05) is 0 Å². The van der Waals surface area contributed by atoms with Crippen molar-refractivity contribution in [3.63, 3.8) is 0 Å². The summed E-state index contributed by atoms with van der Waals surface area (Å²) in [6.07, 6.45) is 0. The number of rotatable bonds is 0. The first-order valence-electron chi connectivity index (χ1n) is 1.13. The predicted molar refractivity (Wildman–Crippen MR) is 18.2 cm³/mol. The molecule has 0 aromatic rings. The minimum atomic E-state index is -10.8. The van der Waals surface area contributed by atoms with Crippen LogP contribution in [0.2, 0.25) is 0 Å². The summed E-state index contributed by atoms with van der Waals surface area (Å²) in [4.78, 5) is 0. The molecule has 0 saturated carbocycles. The van der Waals surface area contributed by atoms with E-state index in [9.17, 15) is 24.6 Å². The van der Waals surface area contributed by atoms with E-state index in [1.54, 1.807) is 0 Å². The number of hydrogen-bond donors (Lipinski definition) is 0. The summed E-state index contributed by atoms with van der Waals surface area (Å²) in [5.41, 5.74) is 0. The molecule has 0 spiro atoms. The number of halogens is 6. The minimum Gasteiger partial charge on any atom is 0 e. The van der Waals surface area contributed by atoms with E-state index < -0.39 is 8.63 Å². The van der Waals surface area contributed by atoms with Crippen molar-refractivity contribution in [2.75, 3.05) is 0 Å². The Morgan fingerprint density at radius 1 is 0.625 bits per heavy atom. The third-order valence-electron chi connectivity index (χ3n) is 0. The normalized spacial score (nSPS) is 20.2. The SMILES string of the molecule is F[Si-2](F)(F)(F)(F)F.[Ba]. The van der Waals surface area contributed by atoms with Gasteiger partial charge in [-0.3, -0.25) is 0 Å². The van der Waals surface area contributed by atoms with Gasteiger partial charge < -0.3 is 0 Å². The molecule has 0 aromatic carbocycles. The van der Waals surface area contributed by atoms with E-state index in [1.807, 2.05) is 0 Å². The Morgan fingerprint density at radius 3 is 0.625 bits per heavy atom. The molecule has 0 rings (SSSR count). The largest absolute Gasteiger partial charge is 0 e. The first-order valence-corrected chi connectivity index (χ1v) is 3.40. The Morgan fingerprint density at radius 2 is 0.625 bits per heavy atom. The van der Waals surface area contributed by atoms with Gasteiger partial charge in [0.25, 0.3) is 0 Å². The van der Waals surface area contributed by atoms with Crippen molar-refractivity contribution in [3.05, 3.63) is 0 Å². The van der Waals surface area contributed by atoms with Crippen LogP contribution < -0.4 is 0 Å². The summed E-state index contributed by atoms with van der Waals surface area (Å²) in [5, 5.41) is 0. The molecular weight excluding hydrogens is 279 g/mol. The van der Waals surface area contributed by atoms with E-state index in [0.717, 1.165) is 0 Å². The van der Waals surface area contributed by atoms with Gasteiger partial charge in [-0.2, -0.15) is 0 Å². The maximum atomic E-state index is 9.88. The van der Waals surface area contributed by atoms with Crippen LogP contribution >= 0.6 is 0 Å². The summed E-state index contributed by atoms with van der Waals surface area (Å²) < 4.78 is 59.3. The molecule has 0 aliphatic carbocycles. The molecule has 2 radical (unpaired) electrons. The molecule has 8 heteroatoms. The van der Waals surface area contributed by atoms with Crippen molar-refractivity contribution in [3.8, 4) is 0 Å². The Labute approximate surface area is 81.2 Å². The second kappa shape index (κ2) is 1.70. The van der Waals surface area contributed by atoms with Crippen molar-refractivity contribution >= 4 is 57.5 Å². The monoisotopic (exact) mass is 280 g/mol. The van der Waals surface area contributed by atoms with E-state index >= 15 is 0 Å². The molecule has 0 amide bonds. The molecule has 0 aliphatic heterocycles. The zero-order valence-electron chi connectivity index (χ0n) is 3.47. The van der Waals surface area contributed by atoms with Gasteiger partial charge in [0.2, 0.25) is 0 Å². The van der Waals surface area contributed by atoms with Gasteiger partial charge in [-0.05, 0) is 0 Å². The zero-order chi connectivity index (χ0) is 6.41. The van der Waals surface area contributed by atoms with Gasteiger partial charge in [0.1, 0.15) is 0 Å². The molecule has 0 bridgehead atoms. The Balaban J connectivity index is 0. The topological polar surface area (TPSA) is 0 Å². The van der Waals surface area contributed by atoms with Gasteiger partial charge in [0.05, 0.1) is 0 Å². The van der Waals surface area contributed by atoms with Crippen LogP contribution in [-0.2, 0) is 0 Å². The van der Waals surface area contributed by atoms with E-state index in [1.165, 1.54) is 0 Å². The molecule has 0 aliphatic rings. The summed E-state index contributed by atoms with van der Waals surface area (Å²) in [6, 6.07) is 0. The van der Waals surface area contributed by atoms with Crippen LogP contribution in [0.5, 0.6) is 0 Å². The van der Waals surface area contributed by atoms with Gasteiger partial charge in [-0.15, -0.1) is 0 Å². The molecule has 0 aromatic heterocycles. The van der Waals surface area contributed by atoms with Gasteiger partial charge in [0.15, 0.2) is 0 Å². The van der Waals surface area contributed by atoms with Crippen molar-refractivity contribution in [2.45, 2.75) is 0 Å². The van der Waals surface area contributed by atoms with Crippen molar-refractivity contribution in [2.24, 2.45) is 0 Å². The fourth-order valence-electron chi connectivity index (χ4n) is 0. The van der Waals surface area contributed by atoms with E-state index in [2.05, 4.69) is 0 Å². The molecule has 0 nitrogen and oxygen atoms in total. The van der Waals surface area contributed by atoms with Crippen LogP contribution in [-0.4, -0.2) is 57.5 Å². The van der Waals surface area contributed by atoms with Gasteiger partial charge >= 0.3 is 33.3 Å². The molecule has 50 valence electrons. The third-order valence-corrected chi connectivity index (χ3v) is 0. The standard InChI is InChI=1S/Ba.F6Si/c;1-7(2,3,4,5)6/q;-2. The second-order valence-corrected chi connectivity index (χ2v) is 3.21. The molecule has 0 N–H and O–H groups in total. The first-order chi connectivity index (χ1) is 2.45. The van der Waals surface area contributed by atoms with Crippen LogP contribution in [0.25, 0.3) is 0 Å². The smallest absolute Gasteiger partial charge is 0 e. The van der Waals surface area contributed by atoms with Crippen LogP contribution in [0.3, 0.4) is 0 Å². The van der Waals surface area contributed by atoms with Crippen molar-refractivity contribution in [1.29, 1.82) is 0 Å². The summed E-state index contributed by atoms with van der Waals surface area (Å²) in [7, 11) is -10.8. The van der Waals surface area contributed by atoms with Crippen LogP contribution in [0, 0.1) is 0 Å². The van der Waals surface area contributed by atoms with E-state index in [-0.39, 0.29) is 48.9 Å². The van der Waals surface area contributed by atoms with E-state index in [4.69, 9.17) is 0 Å². The average molecular weight is 279 g/mol. The molecule has 0 heterocycles. The van der Waals surface area contributed by atoms with Crippen molar-refractivity contribution < 1.29 is 24.6 Å². The summed E-state index contributed by atoms with van der Waals surface area (Å²) in [6.45, 7) is 0. The fourth-order valence-corrected chi connectivity index (χ4v) is 0. The quantitative estimate of drug-likeness (QED) is 0.360. The predicted octanol–water partition coefficient (Wildman–Crippen LogP) is 1.76. The molecule has 8 heavy (non-hydrogen) atoms. The number of hydrogen-bond acceptors (Lipinski definition) is 0. The minimum absolute atomic E-state index is 0. The van der Waals surface area contributed by atoms with Gasteiger partial charge in [-0.25, -0.2) is 0 Å². The van der Waals surface area contributed by atoms with Crippen LogP contribution in [0.15, 0.2) is 0 Å². The van der Waals surface area contributed by atoms with E-state index in [0.29, 0.717) is 0 Å². The summed E-state index contributed by atoms with van der Waals surface area (Å²) >= 11 is 0.